The quantitative estimate of drug-likeness (QED) is 0.179. The molecule has 12 rings (SSSR count). The molecule has 0 unspecified atom stereocenters. The van der Waals surface area contributed by atoms with Gasteiger partial charge in [-0.1, -0.05) is 141 Å². The fourth-order valence-electron chi connectivity index (χ4n) is 9.78. The standard InChI is InChI=1S/C50H32N2OS/c1-49(2)36-16-6-3-14-32(36)35-27-30(24-26-37(35)49)48-51-45(47-46(52-48)34-15-5-12-22-44(34)54-47)29-23-25-33-31-13-4-7-17-38(31)50(41(33)28-29)39-18-8-10-20-42(39)53-43-21-11-9-19-40(43)50/h3-28H,1-2H3. The maximum Gasteiger partial charge on any atom is 0.160 e. The molecule has 9 aromatic rings. The van der Waals surface area contributed by atoms with Crippen molar-refractivity contribution in [2.45, 2.75) is 24.7 Å². The molecule has 3 nitrogen and oxygen atoms in total. The van der Waals surface area contributed by atoms with Crippen molar-refractivity contribution in [2.75, 3.05) is 0 Å². The number of benzene rings is 7. The van der Waals surface area contributed by atoms with E-state index in [-0.39, 0.29) is 5.41 Å². The number of thiophene rings is 1. The molecule has 7 aromatic carbocycles. The van der Waals surface area contributed by atoms with Gasteiger partial charge >= 0.3 is 0 Å². The van der Waals surface area contributed by atoms with E-state index in [1.807, 2.05) is 0 Å². The van der Waals surface area contributed by atoms with Crippen molar-refractivity contribution in [1.82, 2.24) is 9.97 Å². The molecule has 0 atom stereocenters. The highest BCUT2D eigenvalue weighted by Crippen LogP contribution is 2.62. The summed E-state index contributed by atoms with van der Waals surface area (Å²) >= 11 is 1.78. The van der Waals surface area contributed by atoms with Crippen LogP contribution in [0.25, 0.3) is 65.2 Å². The van der Waals surface area contributed by atoms with Crippen LogP contribution in [0.3, 0.4) is 0 Å². The topological polar surface area (TPSA) is 35.0 Å². The van der Waals surface area contributed by atoms with Gasteiger partial charge < -0.3 is 4.74 Å². The van der Waals surface area contributed by atoms with Crippen LogP contribution in [0.1, 0.15) is 47.2 Å². The summed E-state index contributed by atoms with van der Waals surface area (Å²) in [7, 11) is 0. The first-order valence-electron chi connectivity index (χ1n) is 18.6. The second-order valence-electron chi connectivity index (χ2n) is 15.3. The van der Waals surface area contributed by atoms with Gasteiger partial charge in [0, 0.05) is 37.8 Å². The van der Waals surface area contributed by atoms with Crippen LogP contribution in [0.15, 0.2) is 158 Å². The highest BCUT2D eigenvalue weighted by atomic mass is 32.1. The predicted molar refractivity (Wildman–Crippen MR) is 221 cm³/mol. The normalized spacial score (nSPS) is 14.9. The molecular formula is C50H32N2OS. The van der Waals surface area contributed by atoms with E-state index >= 15 is 0 Å². The molecule has 0 saturated heterocycles. The Bertz CT molecular complexity index is 3030. The first-order chi connectivity index (χ1) is 26.5. The molecule has 0 fully saturated rings. The van der Waals surface area contributed by atoms with E-state index < -0.39 is 5.41 Å². The van der Waals surface area contributed by atoms with Crippen LogP contribution >= 0.6 is 11.3 Å². The lowest BCUT2D eigenvalue weighted by Crippen LogP contribution is -2.32. The van der Waals surface area contributed by atoms with E-state index in [4.69, 9.17) is 14.7 Å². The molecule has 0 saturated carbocycles. The number of hydrogen-bond acceptors (Lipinski definition) is 4. The Morgan fingerprint density at radius 2 is 1.07 bits per heavy atom. The smallest absolute Gasteiger partial charge is 0.160 e. The van der Waals surface area contributed by atoms with Crippen LogP contribution in [-0.4, -0.2) is 9.97 Å². The molecule has 0 amide bonds. The van der Waals surface area contributed by atoms with E-state index in [1.165, 1.54) is 49.2 Å². The van der Waals surface area contributed by atoms with Gasteiger partial charge in [0.25, 0.3) is 0 Å². The maximum absolute atomic E-state index is 6.61. The number of ether oxygens (including phenoxy) is 1. The molecule has 2 aromatic heterocycles. The van der Waals surface area contributed by atoms with E-state index in [9.17, 15) is 0 Å². The lowest BCUT2D eigenvalue weighted by molar-refractivity contribution is 0.436. The summed E-state index contributed by atoms with van der Waals surface area (Å²) in [5, 5.41) is 1.16. The summed E-state index contributed by atoms with van der Waals surface area (Å²) in [5.41, 5.74) is 16.0. The molecule has 1 spiro atoms. The molecule has 3 heterocycles. The average molecular weight is 709 g/mol. The van der Waals surface area contributed by atoms with Crippen LogP contribution in [0.5, 0.6) is 11.5 Å². The van der Waals surface area contributed by atoms with Crippen LogP contribution < -0.4 is 4.74 Å². The van der Waals surface area contributed by atoms with E-state index in [0.29, 0.717) is 0 Å². The highest BCUT2D eigenvalue weighted by molar-refractivity contribution is 7.26. The lowest BCUT2D eigenvalue weighted by atomic mass is 9.66. The maximum atomic E-state index is 6.61. The third-order valence-electron chi connectivity index (χ3n) is 12.2. The Morgan fingerprint density at radius 3 is 1.85 bits per heavy atom. The fraction of sp³-hybridized carbons (Fsp3) is 0.0800. The summed E-state index contributed by atoms with van der Waals surface area (Å²) in [6, 6.07) is 57.2. The third-order valence-corrected chi connectivity index (χ3v) is 13.3. The molecule has 2 aliphatic carbocycles. The Hall–Kier alpha value is -6.36. The van der Waals surface area contributed by atoms with Crippen LogP contribution in [0.4, 0.5) is 0 Å². The molecule has 3 aliphatic rings. The number of aromatic nitrogens is 2. The second-order valence-corrected chi connectivity index (χ2v) is 16.3. The number of nitrogens with zero attached hydrogens (tertiary/aromatic N) is 2. The van der Waals surface area contributed by atoms with Crippen molar-refractivity contribution in [3.05, 3.63) is 191 Å². The van der Waals surface area contributed by atoms with Crippen molar-refractivity contribution >= 4 is 31.6 Å². The van der Waals surface area contributed by atoms with Gasteiger partial charge in [-0.25, -0.2) is 9.97 Å². The fourth-order valence-corrected chi connectivity index (χ4v) is 10.9. The van der Waals surface area contributed by atoms with Gasteiger partial charge in [0.1, 0.15) is 11.5 Å². The number of hydrogen-bond donors (Lipinski definition) is 0. The molecular weight excluding hydrogens is 677 g/mol. The van der Waals surface area contributed by atoms with Crippen molar-refractivity contribution in [1.29, 1.82) is 0 Å². The summed E-state index contributed by atoms with van der Waals surface area (Å²) in [6.45, 7) is 4.65. The van der Waals surface area contributed by atoms with Gasteiger partial charge in [-0.3, -0.25) is 0 Å². The predicted octanol–water partition coefficient (Wildman–Crippen LogP) is 13.0. The summed E-state index contributed by atoms with van der Waals surface area (Å²) in [6.07, 6.45) is 0. The number of rotatable bonds is 2. The Balaban J connectivity index is 1.14. The van der Waals surface area contributed by atoms with Gasteiger partial charge in [-0.05, 0) is 74.8 Å². The average Bonchev–Trinajstić information content (AvgIpc) is 3.82. The first kappa shape index (κ1) is 30.1. The number of para-hydroxylation sites is 2. The minimum absolute atomic E-state index is 0.0661. The van der Waals surface area contributed by atoms with E-state index in [1.54, 1.807) is 11.3 Å². The summed E-state index contributed by atoms with van der Waals surface area (Å²) in [5.74, 6) is 2.52. The van der Waals surface area contributed by atoms with Gasteiger partial charge in [0.15, 0.2) is 5.82 Å². The molecule has 0 N–H and O–H groups in total. The van der Waals surface area contributed by atoms with Crippen molar-refractivity contribution in [3.63, 3.8) is 0 Å². The van der Waals surface area contributed by atoms with Gasteiger partial charge in [0.05, 0.1) is 21.3 Å². The van der Waals surface area contributed by atoms with Crippen LogP contribution in [0.2, 0.25) is 0 Å². The molecule has 0 bridgehead atoms. The number of fused-ring (bicyclic) bond motifs is 15. The summed E-state index contributed by atoms with van der Waals surface area (Å²) in [4.78, 5) is 10.9. The van der Waals surface area contributed by atoms with Gasteiger partial charge in [-0.2, -0.15) is 0 Å². The Kier molecular flexibility index (Phi) is 5.93. The Labute approximate surface area is 317 Å². The Morgan fingerprint density at radius 1 is 0.481 bits per heavy atom. The SMILES string of the molecule is CC1(C)c2ccccc2-c2cc(-c3nc(-c4ccc5c(c4)C4(c6ccccc6Oc6ccccc64)c4ccccc4-5)c4sc5ccccc5c4n3)ccc21. The van der Waals surface area contributed by atoms with E-state index in [2.05, 4.69) is 172 Å². The highest BCUT2D eigenvalue weighted by Gasteiger charge is 2.51. The van der Waals surface area contributed by atoms with Crippen molar-refractivity contribution in [3.8, 4) is 56.4 Å². The van der Waals surface area contributed by atoms with E-state index in [0.717, 1.165) is 60.9 Å². The third kappa shape index (κ3) is 3.80. The lowest BCUT2D eigenvalue weighted by Gasteiger charge is -2.39. The molecule has 0 radical (unpaired) electrons. The molecule has 254 valence electrons. The van der Waals surface area contributed by atoms with Gasteiger partial charge in [0.2, 0.25) is 0 Å². The van der Waals surface area contributed by atoms with Crippen molar-refractivity contribution in [2.24, 2.45) is 0 Å². The molecule has 1 aliphatic heterocycles. The largest absolute Gasteiger partial charge is 0.457 e. The minimum Gasteiger partial charge on any atom is -0.457 e. The zero-order chi connectivity index (χ0) is 35.8. The minimum atomic E-state index is -0.553. The van der Waals surface area contributed by atoms with Crippen LogP contribution in [0, 0.1) is 0 Å². The monoisotopic (exact) mass is 708 g/mol. The van der Waals surface area contributed by atoms with Crippen LogP contribution in [-0.2, 0) is 10.8 Å². The molecule has 54 heavy (non-hydrogen) atoms. The van der Waals surface area contributed by atoms with Gasteiger partial charge in [-0.15, -0.1) is 11.3 Å². The zero-order valence-corrected chi connectivity index (χ0v) is 30.5. The summed E-state index contributed by atoms with van der Waals surface area (Å²) < 4.78 is 8.92. The second kappa shape index (κ2) is 10.6. The molecule has 4 heteroatoms. The first-order valence-corrected chi connectivity index (χ1v) is 19.4. The van der Waals surface area contributed by atoms with Crippen molar-refractivity contribution < 1.29 is 4.74 Å². The zero-order valence-electron chi connectivity index (χ0n) is 29.7.